The lowest BCUT2D eigenvalue weighted by Crippen LogP contribution is -2.38. The number of carbonyl (C=O) groups excluding carboxylic acids is 1. The highest BCUT2D eigenvalue weighted by atomic mass is 16.5. The summed E-state index contributed by atoms with van der Waals surface area (Å²) in [6.45, 7) is 2.77. The van der Waals surface area contributed by atoms with E-state index >= 15 is 0 Å². The summed E-state index contributed by atoms with van der Waals surface area (Å²) in [5.41, 5.74) is 0. The van der Waals surface area contributed by atoms with Crippen molar-refractivity contribution in [2.45, 2.75) is 70.4 Å². The second-order valence-corrected chi connectivity index (χ2v) is 5.61. The summed E-state index contributed by atoms with van der Waals surface area (Å²) < 4.78 is 5.28. The van der Waals surface area contributed by atoms with Crippen molar-refractivity contribution in [3.8, 4) is 0 Å². The fraction of sp³-hybridized carbons (Fsp3) is 0.929. The van der Waals surface area contributed by atoms with Crippen LogP contribution in [0.2, 0.25) is 0 Å². The normalized spacial score (nSPS) is 31.5. The largest absolute Gasteiger partial charge is 0.466 e. The summed E-state index contributed by atoms with van der Waals surface area (Å²) in [5.74, 6) is 0.583. The van der Waals surface area contributed by atoms with Gasteiger partial charge in [-0.25, -0.2) is 0 Å². The lowest BCUT2D eigenvalue weighted by molar-refractivity contribution is -0.145. The Hall–Kier alpha value is -0.570. The van der Waals surface area contributed by atoms with Crippen LogP contribution < -0.4 is 5.32 Å². The lowest BCUT2D eigenvalue weighted by Gasteiger charge is -2.28. The van der Waals surface area contributed by atoms with Crippen LogP contribution in [0.15, 0.2) is 0 Å². The van der Waals surface area contributed by atoms with E-state index < -0.39 is 0 Å². The molecule has 0 radical (unpaired) electrons. The fourth-order valence-electron chi connectivity index (χ4n) is 3.17. The molecule has 2 saturated heterocycles. The zero-order valence-corrected chi connectivity index (χ0v) is 10.9. The first kappa shape index (κ1) is 12.9. The molecule has 0 aliphatic carbocycles. The average Bonchev–Trinajstić information content (AvgIpc) is 2.64. The summed E-state index contributed by atoms with van der Waals surface area (Å²) >= 11 is 0. The molecule has 0 aromatic rings. The Morgan fingerprint density at radius 3 is 2.59 bits per heavy atom. The molecule has 2 aliphatic heterocycles. The minimum absolute atomic E-state index is 0.0207. The smallest absolute Gasteiger partial charge is 0.306 e. The van der Waals surface area contributed by atoms with Crippen LogP contribution >= 0.6 is 0 Å². The maximum atomic E-state index is 11.7. The molecule has 2 aliphatic rings. The summed E-state index contributed by atoms with van der Waals surface area (Å²) in [4.78, 5) is 11.7. The SMILES string of the molecule is CCCCCOC(=O)CC1CC2CCC(C1)N2. The third-order valence-electron chi connectivity index (χ3n) is 4.04. The van der Waals surface area contributed by atoms with Gasteiger partial charge in [0.05, 0.1) is 6.61 Å². The zero-order chi connectivity index (χ0) is 12.1. The number of fused-ring (bicyclic) bond motifs is 2. The molecule has 1 N–H and O–H groups in total. The van der Waals surface area contributed by atoms with E-state index in [0.29, 0.717) is 31.0 Å². The van der Waals surface area contributed by atoms with Crippen molar-refractivity contribution in [2.24, 2.45) is 5.92 Å². The maximum absolute atomic E-state index is 11.7. The van der Waals surface area contributed by atoms with E-state index in [4.69, 9.17) is 4.74 Å². The second-order valence-electron chi connectivity index (χ2n) is 5.61. The third kappa shape index (κ3) is 3.98. The van der Waals surface area contributed by atoms with Gasteiger partial charge < -0.3 is 10.1 Å². The molecule has 0 aromatic carbocycles. The average molecular weight is 239 g/mol. The first-order chi connectivity index (χ1) is 8.28. The Labute approximate surface area is 104 Å². The fourth-order valence-corrected chi connectivity index (χ4v) is 3.17. The van der Waals surface area contributed by atoms with Gasteiger partial charge in [0.15, 0.2) is 0 Å². The Balaban J connectivity index is 1.61. The van der Waals surface area contributed by atoms with Gasteiger partial charge in [-0.15, -0.1) is 0 Å². The van der Waals surface area contributed by atoms with Crippen molar-refractivity contribution in [3.05, 3.63) is 0 Å². The van der Waals surface area contributed by atoms with Crippen LogP contribution in [0.25, 0.3) is 0 Å². The quantitative estimate of drug-likeness (QED) is 0.572. The van der Waals surface area contributed by atoms with E-state index in [1.165, 1.54) is 32.1 Å². The molecule has 2 heterocycles. The highest BCUT2D eigenvalue weighted by Crippen LogP contribution is 2.32. The topological polar surface area (TPSA) is 38.3 Å². The molecule has 2 fully saturated rings. The van der Waals surface area contributed by atoms with E-state index in [-0.39, 0.29) is 5.97 Å². The van der Waals surface area contributed by atoms with Crippen LogP contribution in [0.3, 0.4) is 0 Å². The summed E-state index contributed by atoms with van der Waals surface area (Å²) in [5, 5.41) is 3.60. The van der Waals surface area contributed by atoms with Crippen LogP contribution in [0.1, 0.15) is 58.3 Å². The van der Waals surface area contributed by atoms with Gasteiger partial charge in [-0.05, 0) is 38.0 Å². The number of carbonyl (C=O) groups is 1. The van der Waals surface area contributed by atoms with Crippen molar-refractivity contribution in [1.82, 2.24) is 5.32 Å². The van der Waals surface area contributed by atoms with Gasteiger partial charge in [0.1, 0.15) is 0 Å². The lowest BCUT2D eigenvalue weighted by atomic mass is 9.90. The van der Waals surface area contributed by atoms with Crippen molar-refractivity contribution in [2.75, 3.05) is 6.61 Å². The number of esters is 1. The van der Waals surface area contributed by atoms with Crippen LogP contribution in [0.4, 0.5) is 0 Å². The van der Waals surface area contributed by atoms with Gasteiger partial charge in [0.2, 0.25) is 0 Å². The molecule has 3 nitrogen and oxygen atoms in total. The van der Waals surface area contributed by atoms with Gasteiger partial charge in [-0.1, -0.05) is 19.8 Å². The van der Waals surface area contributed by atoms with Crippen molar-refractivity contribution >= 4 is 5.97 Å². The number of unbranched alkanes of at least 4 members (excludes halogenated alkanes) is 2. The van der Waals surface area contributed by atoms with E-state index in [9.17, 15) is 4.79 Å². The summed E-state index contributed by atoms with van der Waals surface area (Å²) in [6, 6.07) is 1.35. The Morgan fingerprint density at radius 2 is 1.94 bits per heavy atom. The number of nitrogens with one attached hydrogen (secondary N) is 1. The van der Waals surface area contributed by atoms with Crippen molar-refractivity contribution in [1.29, 1.82) is 0 Å². The molecule has 0 aromatic heterocycles. The van der Waals surface area contributed by atoms with Crippen LogP contribution in [-0.2, 0) is 9.53 Å². The number of rotatable bonds is 6. The van der Waals surface area contributed by atoms with Crippen LogP contribution in [0, 0.1) is 5.92 Å². The molecule has 98 valence electrons. The molecule has 3 heteroatoms. The minimum atomic E-state index is 0.0207. The van der Waals surface area contributed by atoms with E-state index in [2.05, 4.69) is 12.2 Å². The minimum Gasteiger partial charge on any atom is -0.466 e. The maximum Gasteiger partial charge on any atom is 0.306 e. The van der Waals surface area contributed by atoms with E-state index in [1.54, 1.807) is 0 Å². The summed E-state index contributed by atoms with van der Waals surface area (Å²) in [7, 11) is 0. The molecule has 2 unspecified atom stereocenters. The number of ether oxygens (including phenoxy) is 1. The van der Waals surface area contributed by atoms with Gasteiger partial charge in [0, 0.05) is 18.5 Å². The highest BCUT2D eigenvalue weighted by Gasteiger charge is 2.34. The molecule has 2 atom stereocenters. The van der Waals surface area contributed by atoms with Crippen molar-refractivity contribution < 1.29 is 9.53 Å². The third-order valence-corrected chi connectivity index (χ3v) is 4.04. The van der Waals surface area contributed by atoms with Gasteiger partial charge in [-0.3, -0.25) is 4.79 Å². The standard InChI is InChI=1S/C14H25NO2/c1-2-3-4-7-17-14(16)10-11-8-12-5-6-13(9-11)15-12/h11-13,15H,2-10H2,1H3. The van der Waals surface area contributed by atoms with Crippen LogP contribution in [0.5, 0.6) is 0 Å². The molecule has 2 bridgehead atoms. The highest BCUT2D eigenvalue weighted by molar-refractivity contribution is 5.69. The summed E-state index contributed by atoms with van der Waals surface area (Å²) in [6.07, 6.45) is 8.92. The molecular formula is C14H25NO2. The number of hydrogen-bond donors (Lipinski definition) is 1. The predicted molar refractivity (Wildman–Crippen MR) is 67.8 cm³/mol. The second kappa shape index (κ2) is 6.39. The molecule has 17 heavy (non-hydrogen) atoms. The van der Waals surface area contributed by atoms with Crippen molar-refractivity contribution in [3.63, 3.8) is 0 Å². The predicted octanol–water partition coefficient (Wildman–Crippen LogP) is 2.64. The van der Waals surface area contributed by atoms with Gasteiger partial charge in [0.25, 0.3) is 0 Å². The number of piperidine rings is 1. The molecule has 0 saturated carbocycles. The molecule has 0 spiro atoms. The Kier molecular flexibility index (Phi) is 4.84. The van der Waals surface area contributed by atoms with Gasteiger partial charge >= 0.3 is 5.97 Å². The first-order valence-corrected chi connectivity index (χ1v) is 7.19. The molecule has 2 rings (SSSR count). The Morgan fingerprint density at radius 1 is 1.24 bits per heavy atom. The van der Waals surface area contributed by atoms with E-state index in [0.717, 1.165) is 12.8 Å². The monoisotopic (exact) mass is 239 g/mol. The molecular weight excluding hydrogens is 214 g/mol. The zero-order valence-electron chi connectivity index (χ0n) is 10.9. The van der Waals surface area contributed by atoms with Gasteiger partial charge in [-0.2, -0.15) is 0 Å². The first-order valence-electron chi connectivity index (χ1n) is 7.19. The van der Waals surface area contributed by atoms with E-state index in [1.807, 2.05) is 0 Å². The van der Waals surface area contributed by atoms with Crippen LogP contribution in [-0.4, -0.2) is 24.7 Å². The Bertz CT molecular complexity index is 243. The number of hydrogen-bond acceptors (Lipinski definition) is 3. The molecule has 0 amide bonds.